The lowest BCUT2D eigenvalue weighted by molar-refractivity contribution is -0.108. The molecule has 0 aromatic carbocycles. The third-order valence-electron chi connectivity index (χ3n) is 3.21. The predicted molar refractivity (Wildman–Crippen MR) is 46.7 cm³/mol. The van der Waals surface area contributed by atoms with Crippen LogP contribution >= 0.6 is 0 Å². The molecule has 2 aliphatic rings. The van der Waals surface area contributed by atoms with Gasteiger partial charge in [0, 0.05) is 6.42 Å². The van der Waals surface area contributed by atoms with Gasteiger partial charge in [-0.05, 0) is 25.2 Å². The quantitative estimate of drug-likeness (QED) is 0.652. The Morgan fingerprint density at radius 2 is 1.67 bits per heavy atom. The second-order valence-electron chi connectivity index (χ2n) is 4.10. The van der Waals surface area contributed by atoms with E-state index in [-0.39, 0.29) is 0 Å². The molecule has 0 aromatic rings. The van der Waals surface area contributed by atoms with Crippen LogP contribution in [0.3, 0.4) is 0 Å². The van der Waals surface area contributed by atoms with E-state index in [1.54, 1.807) is 0 Å². The van der Waals surface area contributed by atoms with E-state index < -0.39 is 6.29 Å². The van der Waals surface area contributed by atoms with Crippen molar-refractivity contribution in [3.05, 3.63) is 0 Å². The number of hydrogen-bond donors (Lipinski definition) is 1. The molecule has 2 atom stereocenters. The minimum Gasteiger partial charge on any atom is -0.368 e. The second kappa shape index (κ2) is 3.75. The zero-order chi connectivity index (χ0) is 8.39. The smallest absolute Gasteiger partial charge is 0.155 e. The maximum Gasteiger partial charge on any atom is 0.155 e. The highest BCUT2D eigenvalue weighted by Crippen LogP contribution is 2.33. The van der Waals surface area contributed by atoms with Crippen molar-refractivity contribution in [3.63, 3.8) is 0 Å². The van der Waals surface area contributed by atoms with Gasteiger partial charge in [0.1, 0.15) is 0 Å². The molecule has 1 aliphatic carbocycles. The molecule has 2 rings (SSSR count). The van der Waals surface area contributed by atoms with Crippen molar-refractivity contribution in [1.82, 2.24) is 0 Å². The van der Waals surface area contributed by atoms with Crippen LogP contribution in [0, 0.1) is 5.92 Å². The Balaban J connectivity index is 1.83. The molecule has 0 aromatic heterocycles. The average Bonchev–Trinajstić information content (AvgIpc) is 2.54. The van der Waals surface area contributed by atoms with Gasteiger partial charge in [-0.1, -0.05) is 19.3 Å². The van der Waals surface area contributed by atoms with Crippen molar-refractivity contribution < 1.29 is 9.84 Å². The Bertz CT molecular complexity index is 138. The van der Waals surface area contributed by atoms with E-state index in [0.717, 1.165) is 18.8 Å². The molecular weight excluding hydrogens is 152 g/mol. The van der Waals surface area contributed by atoms with Gasteiger partial charge in [-0.2, -0.15) is 0 Å². The van der Waals surface area contributed by atoms with Gasteiger partial charge >= 0.3 is 0 Å². The van der Waals surface area contributed by atoms with Gasteiger partial charge in [0.2, 0.25) is 0 Å². The molecule has 0 radical (unpaired) electrons. The van der Waals surface area contributed by atoms with E-state index in [1.807, 2.05) is 0 Å². The minimum absolute atomic E-state index is 0.375. The Morgan fingerprint density at radius 3 is 2.25 bits per heavy atom. The Hall–Kier alpha value is -0.0800. The molecule has 0 spiro atoms. The topological polar surface area (TPSA) is 29.5 Å². The van der Waals surface area contributed by atoms with Crippen LogP contribution in [0.5, 0.6) is 0 Å². The fourth-order valence-corrected chi connectivity index (χ4v) is 2.50. The van der Waals surface area contributed by atoms with Gasteiger partial charge in [-0.15, -0.1) is 0 Å². The normalized spacial score (nSPS) is 38.8. The van der Waals surface area contributed by atoms with Crippen molar-refractivity contribution in [2.45, 2.75) is 57.3 Å². The second-order valence-corrected chi connectivity index (χ2v) is 4.10. The van der Waals surface area contributed by atoms with Gasteiger partial charge in [0.25, 0.3) is 0 Å². The lowest BCUT2D eigenvalue weighted by Gasteiger charge is -2.26. The fraction of sp³-hybridized carbons (Fsp3) is 1.00. The summed E-state index contributed by atoms with van der Waals surface area (Å²) in [6, 6.07) is 0. The highest BCUT2D eigenvalue weighted by molar-refractivity contribution is 4.78. The summed E-state index contributed by atoms with van der Waals surface area (Å²) >= 11 is 0. The van der Waals surface area contributed by atoms with E-state index in [1.165, 1.54) is 32.1 Å². The molecule has 2 heteroatoms. The van der Waals surface area contributed by atoms with Crippen LogP contribution in [0.25, 0.3) is 0 Å². The number of aliphatic hydroxyl groups is 1. The number of aliphatic hydroxyl groups excluding tert-OH is 1. The molecule has 1 saturated heterocycles. The predicted octanol–water partition coefficient (Wildman–Crippen LogP) is 2.06. The number of rotatable bonds is 1. The van der Waals surface area contributed by atoms with E-state index in [2.05, 4.69) is 0 Å². The largest absolute Gasteiger partial charge is 0.368 e. The maximum atomic E-state index is 9.21. The summed E-state index contributed by atoms with van der Waals surface area (Å²) in [7, 11) is 0. The summed E-state index contributed by atoms with van der Waals surface area (Å²) in [6.07, 6.45) is 8.59. The fourth-order valence-electron chi connectivity index (χ4n) is 2.50. The van der Waals surface area contributed by atoms with Crippen molar-refractivity contribution in [2.24, 2.45) is 5.92 Å². The van der Waals surface area contributed by atoms with Gasteiger partial charge in [0.05, 0.1) is 6.10 Å². The highest BCUT2D eigenvalue weighted by atomic mass is 16.6. The zero-order valence-corrected chi connectivity index (χ0v) is 7.54. The molecule has 0 amide bonds. The Morgan fingerprint density at radius 1 is 0.917 bits per heavy atom. The standard InChI is InChI=1S/C10H18O2/c11-10-7-6-9(12-10)8-4-2-1-3-5-8/h8-11H,1-7H2/t9-,10+/m0/s1. The molecule has 2 nitrogen and oxygen atoms in total. The van der Waals surface area contributed by atoms with Crippen molar-refractivity contribution >= 4 is 0 Å². The Kier molecular flexibility index (Phi) is 2.66. The monoisotopic (exact) mass is 170 g/mol. The van der Waals surface area contributed by atoms with Gasteiger partial charge in [0.15, 0.2) is 6.29 Å². The van der Waals surface area contributed by atoms with E-state index >= 15 is 0 Å². The summed E-state index contributed by atoms with van der Waals surface area (Å²) in [4.78, 5) is 0. The zero-order valence-electron chi connectivity index (χ0n) is 7.54. The van der Waals surface area contributed by atoms with Crippen LogP contribution in [-0.4, -0.2) is 17.5 Å². The molecule has 0 unspecified atom stereocenters. The van der Waals surface area contributed by atoms with Crippen LogP contribution in [0.15, 0.2) is 0 Å². The highest BCUT2D eigenvalue weighted by Gasteiger charge is 2.30. The van der Waals surface area contributed by atoms with Crippen LogP contribution < -0.4 is 0 Å². The number of hydrogen-bond acceptors (Lipinski definition) is 2. The maximum absolute atomic E-state index is 9.21. The molecule has 0 bridgehead atoms. The molecule has 1 N–H and O–H groups in total. The summed E-state index contributed by atoms with van der Waals surface area (Å²) in [5, 5.41) is 9.21. The van der Waals surface area contributed by atoms with Crippen LogP contribution in [0.1, 0.15) is 44.9 Å². The third kappa shape index (κ3) is 1.80. The van der Waals surface area contributed by atoms with E-state index in [9.17, 15) is 5.11 Å². The van der Waals surface area contributed by atoms with Crippen molar-refractivity contribution in [2.75, 3.05) is 0 Å². The van der Waals surface area contributed by atoms with Gasteiger partial charge < -0.3 is 9.84 Å². The minimum atomic E-state index is -0.461. The van der Waals surface area contributed by atoms with E-state index in [4.69, 9.17) is 4.74 Å². The molecule has 1 heterocycles. The first-order chi connectivity index (χ1) is 5.86. The summed E-state index contributed by atoms with van der Waals surface area (Å²) < 4.78 is 5.46. The molecule has 1 aliphatic heterocycles. The van der Waals surface area contributed by atoms with Crippen LogP contribution in [0.4, 0.5) is 0 Å². The van der Waals surface area contributed by atoms with E-state index in [0.29, 0.717) is 6.10 Å². The van der Waals surface area contributed by atoms with Crippen molar-refractivity contribution in [1.29, 1.82) is 0 Å². The lowest BCUT2D eigenvalue weighted by atomic mass is 9.84. The molecular formula is C10H18O2. The molecule has 2 fully saturated rings. The third-order valence-corrected chi connectivity index (χ3v) is 3.21. The van der Waals surface area contributed by atoms with Crippen LogP contribution in [0.2, 0.25) is 0 Å². The van der Waals surface area contributed by atoms with Crippen molar-refractivity contribution in [3.8, 4) is 0 Å². The molecule has 1 saturated carbocycles. The van der Waals surface area contributed by atoms with Gasteiger partial charge in [-0.25, -0.2) is 0 Å². The summed E-state index contributed by atoms with van der Waals surface area (Å²) in [5.74, 6) is 0.746. The first kappa shape index (κ1) is 8.52. The average molecular weight is 170 g/mol. The number of ether oxygens (including phenoxy) is 1. The Labute approximate surface area is 73.9 Å². The molecule has 12 heavy (non-hydrogen) atoms. The molecule has 70 valence electrons. The van der Waals surface area contributed by atoms with Gasteiger partial charge in [-0.3, -0.25) is 0 Å². The van der Waals surface area contributed by atoms with Crippen LogP contribution in [-0.2, 0) is 4.74 Å². The summed E-state index contributed by atoms with van der Waals surface area (Å²) in [6.45, 7) is 0. The lowest BCUT2D eigenvalue weighted by Crippen LogP contribution is -2.23. The summed E-state index contributed by atoms with van der Waals surface area (Å²) in [5.41, 5.74) is 0. The first-order valence-corrected chi connectivity index (χ1v) is 5.20. The first-order valence-electron chi connectivity index (χ1n) is 5.20. The SMILES string of the molecule is O[C@H]1CC[C@@H](C2CCCCC2)O1.